The molecule has 1 aliphatic heterocycles. The summed E-state index contributed by atoms with van der Waals surface area (Å²) in [5.74, 6) is -1.02. The van der Waals surface area contributed by atoms with Crippen LogP contribution in [-0.4, -0.2) is 101 Å². The molecule has 318 valence electrons. The normalized spacial score (nSPS) is 12.0. The number of hydrogen-bond donors (Lipinski definition) is 1. The van der Waals surface area contributed by atoms with E-state index in [2.05, 4.69) is 58.7 Å². The molecule has 0 saturated heterocycles. The number of carbonyl (C=O) groups excluding carboxylic acids is 2. The van der Waals surface area contributed by atoms with E-state index >= 15 is 0 Å². The molecule has 0 fully saturated rings. The number of hydrogen-bond acceptors (Lipinski definition) is 13. The summed E-state index contributed by atoms with van der Waals surface area (Å²) in [5, 5.41) is 7.57. The maximum Gasteiger partial charge on any atom is 0.335 e. The van der Waals surface area contributed by atoms with Gasteiger partial charge in [-0.15, -0.1) is 0 Å². The summed E-state index contributed by atoms with van der Waals surface area (Å²) in [6, 6.07) is 11.5. The molecule has 58 heavy (non-hydrogen) atoms. The van der Waals surface area contributed by atoms with E-state index in [4.69, 9.17) is 14.6 Å². The lowest BCUT2D eigenvalue weighted by molar-refractivity contribution is -0.142. The second-order valence-electron chi connectivity index (χ2n) is 15.7. The highest BCUT2D eigenvalue weighted by atomic mass is 28.3. The Morgan fingerprint density at radius 1 is 0.759 bits per heavy atom. The highest BCUT2D eigenvalue weighted by Gasteiger charge is 2.24. The highest BCUT2D eigenvalue weighted by Crippen LogP contribution is 2.19. The second-order valence-corrected chi connectivity index (χ2v) is 27.0. The number of aromatic nitrogens is 6. The van der Waals surface area contributed by atoms with Gasteiger partial charge in [0, 0.05) is 55.1 Å². The highest BCUT2D eigenvalue weighted by molar-refractivity contribution is 6.76. The van der Waals surface area contributed by atoms with Gasteiger partial charge in [-0.1, -0.05) is 69.6 Å². The minimum Gasteiger partial charge on any atom is -0.468 e. The Kier molecular flexibility index (Phi) is 17.7. The van der Waals surface area contributed by atoms with Gasteiger partial charge in [-0.2, -0.15) is 0 Å². The van der Waals surface area contributed by atoms with Gasteiger partial charge in [-0.3, -0.25) is 28.3 Å². The third-order valence-electron chi connectivity index (χ3n) is 8.64. The van der Waals surface area contributed by atoms with E-state index in [1.807, 2.05) is 30.3 Å². The minimum absolute atomic E-state index is 0.00440. The molecule has 0 spiro atoms. The van der Waals surface area contributed by atoms with Crippen molar-refractivity contribution in [1.29, 1.82) is 0 Å². The fraction of sp³-hybridized carbons (Fsp3) is 0.526. The van der Waals surface area contributed by atoms with Gasteiger partial charge < -0.3 is 28.6 Å². The van der Waals surface area contributed by atoms with E-state index in [0.717, 1.165) is 26.8 Å². The molecule has 0 amide bonds. The number of ether oxygens (including phenoxy) is 4. The lowest BCUT2D eigenvalue weighted by Gasteiger charge is -2.17. The van der Waals surface area contributed by atoms with Crippen molar-refractivity contribution in [1.82, 2.24) is 27.8 Å². The minimum atomic E-state index is -1.30. The smallest absolute Gasteiger partial charge is 0.335 e. The molecule has 18 nitrogen and oxygen atoms in total. The number of aliphatic hydroxyl groups excluding tert-OH is 1. The molecule has 20 heteroatoms. The number of carbonyl (C=O) groups is 2. The van der Waals surface area contributed by atoms with Crippen molar-refractivity contribution in [3.63, 3.8) is 0 Å². The summed E-state index contributed by atoms with van der Waals surface area (Å²) in [4.78, 5) is 82.9. The topological polar surface area (TPSA) is 209 Å². The van der Waals surface area contributed by atoms with Crippen LogP contribution in [0.1, 0.15) is 18.1 Å². The fourth-order valence-electron chi connectivity index (χ4n) is 5.40. The average molecular weight is 844 g/mol. The molecular formula is C38H57N7O11Si2. The lowest BCUT2D eigenvalue weighted by Crippen LogP contribution is -2.43. The quantitative estimate of drug-likeness (QED) is 0.0981. The van der Waals surface area contributed by atoms with Crippen LogP contribution in [-0.2, 0) is 68.1 Å². The van der Waals surface area contributed by atoms with Crippen molar-refractivity contribution in [3.8, 4) is 0 Å². The van der Waals surface area contributed by atoms with E-state index < -0.39 is 63.7 Å². The lowest BCUT2D eigenvalue weighted by atomic mass is 10.2. The van der Waals surface area contributed by atoms with E-state index in [1.54, 1.807) is 17.7 Å². The number of methoxy groups -OCH3 is 2. The monoisotopic (exact) mass is 843 g/mol. The number of aliphatic hydroxyl groups is 1. The summed E-state index contributed by atoms with van der Waals surface area (Å²) in [6.45, 7) is 15.9. The van der Waals surface area contributed by atoms with Crippen LogP contribution in [0.5, 0.6) is 0 Å². The molecule has 1 aliphatic rings. The molecule has 1 aromatic carbocycles. The van der Waals surface area contributed by atoms with Crippen LogP contribution < -0.4 is 22.5 Å². The molecule has 5 rings (SSSR count). The van der Waals surface area contributed by atoms with Gasteiger partial charge in [0.1, 0.15) is 32.4 Å². The summed E-state index contributed by atoms with van der Waals surface area (Å²) in [5.41, 5.74) is -0.510. The van der Waals surface area contributed by atoms with Crippen LogP contribution in [0.25, 0.3) is 11.2 Å². The predicted octanol–water partition coefficient (Wildman–Crippen LogP) is 2.65. The van der Waals surface area contributed by atoms with Gasteiger partial charge >= 0.3 is 23.3 Å². The van der Waals surface area contributed by atoms with E-state index in [9.17, 15) is 28.8 Å². The van der Waals surface area contributed by atoms with Gasteiger partial charge in [0.05, 0.1) is 26.1 Å². The average Bonchev–Trinajstić information content (AvgIpc) is 3.82. The third-order valence-corrected chi connectivity index (χ3v) is 12.1. The number of imidazole rings is 1. The van der Waals surface area contributed by atoms with Crippen LogP contribution in [0.2, 0.25) is 51.4 Å². The summed E-state index contributed by atoms with van der Waals surface area (Å²) >= 11 is 0. The first-order valence-corrected chi connectivity index (χ1v) is 26.3. The Bertz CT molecular complexity index is 2280. The zero-order valence-corrected chi connectivity index (χ0v) is 37.0. The molecule has 0 radical (unpaired) electrons. The SMILES string of the molecule is CCO.COC(=O)Cn1c(=O)c2c(n(COCC[Si](C)(C)C)c1=O)N=CC2.COC(=O)Cn1c(=O)c2c(ncn2Cc2ccccc2)n(COCC[Si](C)(C)C)c1=O. The van der Waals surface area contributed by atoms with Crippen LogP contribution in [0.15, 0.2) is 60.8 Å². The predicted molar refractivity (Wildman–Crippen MR) is 226 cm³/mol. The Morgan fingerprint density at radius 2 is 1.26 bits per heavy atom. The first kappa shape index (κ1) is 47.3. The molecule has 0 bridgehead atoms. The Hall–Kier alpha value is -5.03. The molecule has 1 N–H and O–H groups in total. The molecule has 0 atom stereocenters. The zero-order chi connectivity index (χ0) is 43.2. The molecule has 4 aromatic rings. The van der Waals surface area contributed by atoms with Crippen molar-refractivity contribution in [2.24, 2.45) is 4.99 Å². The Balaban J connectivity index is 0.000000299. The zero-order valence-electron chi connectivity index (χ0n) is 35.0. The number of aliphatic imine (C=N–C) groups is 1. The summed E-state index contributed by atoms with van der Waals surface area (Å²) in [7, 11) is -0.109. The van der Waals surface area contributed by atoms with E-state index in [1.165, 1.54) is 29.7 Å². The number of benzene rings is 1. The van der Waals surface area contributed by atoms with Crippen molar-refractivity contribution in [2.75, 3.05) is 34.0 Å². The van der Waals surface area contributed by atoms with Crippen molar-refractivity contribution in [2.45, 2.75) is 97.8 Å². The summed E-state index contributed by atoms with van der Waals surface area (Å²) in [6.07, 6.45) is 3.44. The van der Waals surface area contributed by atoms with Crippen LogP contribution in [0, 0.1) is 0 Å². The molecular weight excluding hydrogens is 787 g/mol. The first-order chi connectivity index (χ1) is 27.4. The maximum absolute atomic E-state index is 13.1. The largest absolute Gasteiger partial charge is 0.468 e. The van der Waals surface area contributed by atoms with Crippen LogP contribution in [0.3, 0.4) is 0 Å². The van der Waals surface area contributed by atoms with Crippen molar-refractivity contribution >= 4 is 51.3 Å². The molecule has 0 aliphatic carbocycles. The van der Waals surface area contributed by atoms with Gasteiger partial charge in [-0.25, -0.2) is 28.7 Å². The first-order valence-electron chi connectivity index (χ1n) is 18.9. The van der Waals surface area contributed by atoms with Gasteiger partial charge in [-0.05, 0) is 24.6 Å². The van der Waals surface area contributed by atoms with E-state index in [-0.39, 0.29) is 31.2 Å². The van der Waals surface area contributed by atoms with Gasteiger partial charge in [0.15, 0.2) is 11.2 Å². The van der Waals surface area contributed by atoms with E-state index in [0.29, 0.717) is 37.6 Å². The van der Waals surface area contributed by atoms with Gasteiger partial charge in [0.2, 0.25) is 0 Å². The molecule has 3 aromatic heterocycles. The standard InChI is InChI=1S/C21H28N4O5Si.C15H23N3O5Si.C2H6O/c1-29-17(26)13-24-20(27)18-19(22-14-23(18)12-16-8-6-5-7-9-16)25(21(24)28)15-30-10-11-31(2,3)4;1-22-12(19)9-17-14(20)11-5-6-16-13(11)18(15(17)21)10-23-7-8-24(2,3)4;1-2-3/h5-9,14H,10-13,15H2,1-4H3;6H,5,7-10H2,1-4H3;3H,2H2,1H3. The Morgan fingerprint density at radius 3 is 1.78 bits per heavy atom. The van der Waals surface area contributed by atoms with Crippen LogP contribution in [0.4, 0.5) is 5.82 Å². The second kappa shape index (κ2) is 21.7. The van der Waals surface area contributed by atoms with Gasteiger partial charge in [0.25, 0.3) is 11.1 Å². The number of nitrogens with zero attached hydrogens (tertiary/aromatic N) is 7. The van der Waals surface area contributed by atoms with Crippen molar-refractivity contribution in [3.05, 3.63) is 89.5 Å². The fourth-order valence-corrected chi connectivity index (χ4v) is 6.91. The maximum atomic E-state index is 13.1. The Labute approximate surface area is 338 Å². The van der Waals surface area contributed by atoms with Crippen LogP contribution >= 0.6 is 0 Å². The number of rotatable bonds is 16. The molecule has 4 heterocycles. The van der Waals surface area contributed by atoms with Crippen molar-refractivity contribution < 1.29 is 33.6 Å². The third kappa shape index (κ3) is 13.3. The molecule has 0 unspecified atom stereocenters. The number of fused-ring (bicyclic) bond motifs is 2. The molecule has 0 saturated carbocycles. The number of esters is 2. The summed E-state index contributed by atoms with van der Waals surface area (Å²) < 4.78 is 26.6.